The molecule has 2 rings (SSSR count). The smallest absolute Gasteiger partial charge is 0.0979 e. The van der Waals surface area contributed by atoms with Crippen LogP contribution in [0.15, 0.2) is 53.0 Å². The summed E-state index contributed by atoms with van der Waals surface area (Å²) in [7, 11) is -1.20. The lowest BCUT2D eigenvalue weighted by molar-refractivity contribution is 0.624. The molecule has 0 spiro atoms. The van der Waals surface area contributed by atoms with E-state index in [1.165, 1.54) is 0 Å². The first-order chi connectivity index (χ1) is 10.3. The largest absolute Gasteiger partial charge is 0.398 e. The molecule has 0 fully saturated rings. The monoisotopic (exact) mass is 380 g/mol. The molecular formula is C17H21BrN2OS. The van der Waals surface area contributed by atoms with Crippen LogP contribution < -0.4 is 10.5 Å². The van der Waals surface area contributed by atoms with E-state index in [0.29, 0.717) is 5.69 Å². The Morgan fingerprint density at radius 1 is 1.14 bits per heavy atom. The summed E-state index contributed by atoms with van der Waals surface area (Å²) < 4.78 is 16.4. The topological polar surface area (TPSA) is 55.1 Å². The van der Waals surface area contributed by atoms with Crippen molar-refractivity contribution in [1.29, 1.82) is 0 Å². The van der Waals surface area contributed by atoms with Crippen LogP contribution in [0.25, 0.3) is 0 Å². The summed E-state index contributed by atoms with van der Waals surface area (Å²) in [5.74, 6) is 0. The number of nitrogens with two attached hydrogens (primary N) is 1. The Labute approximate surface area is 143 Å². The molecule has 0 saturated heterocycles. The van der Waals surface area contributed by atoms with Crippen molar-refractivity contribution >= 4 is 32.6 Å². The average Bonchev–Trinajstić information content (AvgIpc) is 2.47. The first-order valence-corrected chi connectivity index (χ1v) is 9.01. The number of halogens is 1. The lowest BCUT2D eigenvalue weighted by Crippen LogP contribution is -2.36. The number of hydrogen-bond acceptors (Lipinski definition) is 2. The molecule has 2 aromatic rings. The highest BCUT2D eigenvalue weighted by atomic mass is 79.9. The Balaban J connectivity index is 2.47. The number of nitrogens with one attached hydrogen (secondary N) is 1. The molecule has 0 amide bonds. The molecule has 3 N–H and O–H groups in total. The van der Waals surface area contributed by atoms with Crippen LogP contribution in [0.4, 0.5) is 5.69 Å². The summed E-state index contributed by atoms with van der Waals surface area (Å²) in [6.07, 6.45) is 0. The van der Waals surface area contributed by atoms with Crippen LogP contribution in [0.3, 0.4) is 0 Å². The Morgan fingerprint density at radius 3 is 2.36 bits per heavy atom. The van der Waals surface area contributed by atoms with E-state index < -0.39 is 11.0 Å². The molecule has 0 aliphatic rings. The van der Waals surface area contributed by atoms with Crippen LogP contribution in [-0.4, -0.2) is 8.96 Å². The Bertz CT molecular complexity index is 668. The van der Waals surface area contributed by atoms with Crippen molar-refractivity contribution < 1.29 is 4.21 Å². The second-order valence-electron chi connectivity index (χ2n) is 6.12. The molecule has 22 heavy (non-hydrogen) atoms. The summed E-state index contributed by atoms with van der Waals surface area (Å²) in [6, 6.07) is 15.4. The van der Waals surface area contributed by atoms with Crippen LogP contribution in [0.2, 0.25) is 0 Å². The number of anilines is 1. The van der Waals surface area contributed by atoms with Gasteiger partial charge in [0.2, 0.25) is 0 Å². The molecule has 0 bridgehead atoms. The summed E-state index contributed by atoms with van der Waals surface area (Å²) in [5.41, 5.74) is 8.78. The second kappa shape index (κ2) is 6.94. The SMILES string of the molecule is CC(C)(C)[S@](=O)N[C@@H](c1ccccc1)c1cc(Br)ccc1N. The van der Waals surface area contributed by atoms with Gasteiger partial charge in [-0.05, 0) is 50.1 Å². The van der Waals surface area contributed by atoms with E-state index in [-0.39, 0.29) is 10.8 Å². The van der Waals surface area contributed by atoms with E-state index in [1.807, 2.05) is 69.3 Å². The maximum absolute atomic E-state index is 12.6. The minimum Gasteiger partial charge on any atom is -0.398 e. The van der Waals surface area contributed by atoms with Gasteiger partial charge in [-0.25, -0.2) is 8.93 Å². The van der Waals surface area contributed by atoms with Gasteiger partial charge in [0.1, 0.15) is 0 Å². The third-order valence-corrected chi connectivity index (χ3v) is 5.33. The van der Waals surface area contributed by atoms with Crippen molar-refractivity contribution in [2.24, 2.45) is 0 Å². The van der Waals surface area contributed by atoms with E-state index in [1.54, 1.807) is 0 Å². The van der Waals surface area contributed by atoms with Gasteiger partial charge in [0.05, 0.1) is 21.8 Å². The van der Waals surface area contributed by atoms with Gasteiger partial charge in [0.15, 0.2) is 0 Å². The molecule has 118 valence electrons. The molecule has 0 radical (unpaired) electrons. The van der Waals surface area contributed by atoms with Gasteiger partial charge < -0.3 is 5.73 Å². The zero-order chi connectivity index (χ0) is 16.3. The first-order valence-electron chi connectivity index (χ1n) is 7.07. The normalized spacial score (nSPS) is 14.5. The van der Waals surface area contributed by atoms with Crippen LogP contribution in [0, 0.1) is 0 Å². The van der Waals surface area contributed by atoms with Gasteiger partial charge >= 0.3 is 0 Å². The maximum atomic E-state index is 12.6. The second-order valence-corrected chi connectivity index (χ2v) is 9.03. The molecule has 2 aromatic carbocycles. The van der Waals surface area contributed by atoms with Crippen molar-refractivity contribution in [3.05, 3.63) is 64.1 Å². The minimum absolute atomic E-state index is 0.223. The molecule has 0 unspecified atom stereocenters. The van der Waals surface area contributed by atoms with Gasteiger partial charge in [0, 0.05) is 10.2 Å². The molecule has 0 heterocycles. The lowest BCUT2D eigenvalue weighted by atomic mass is 9.98. The lowest BCUT2D eigenvalue weighted by Gasteiger charge is -2.26. The van der Waals surface area contributed by atoms with Crippen molar-refractivity contribution in [2.45, 2.75) is 31.6 Å². The summed E-state index contributed by atoms with van der Waals surface area (Å²) in [5, 5.41) is 0. The van der Waals surface area contributed by atoms with E-state index in [9.17, 15) is 4.21 Å². The molecule has 0 aliphatic carbocycles. The van der Waals surface area contributed by atoms with E-state index in [2.05, 4.69) is 20.7 Å². The predicted molar refractivity (Wildman–Crippen MR) is 97.9 cm³/mol. The predicted octanol–water partition coefficient (Wildman–Crippen LogP) is 4.17. The molecule has 2 atom stereocenters. The van der Waals surface area contributed by atoms with E-state index >= 15 is 0 Å². The van der Waals surface area contributed by atoms with Crippen LogP contribution in [-0.2, 0) is 11.0 Å². The molecule has 0 aliphatic heterocycles. The molecule has 3 nitrogen and oxygen atoms in total. The highest BCUT2D eigenvalue weighted by Gasteiger charge is 2.25. The van der Waals surface area contributed by atoms with Crippen molar-refractivity contribution in [2.75, 3.05) is 5.73 Å². The Morgan fingerprint density at radius 2 is 1.77 bits per heavy atom. The summed E-state index contributed by atoms with van der Waals surface area (Å²) in [4.78, 5) is 0. The number of nitrogen functional groups attached to an aromatic ring is 1. The van der Waals surface area contributed by atoms with E-state index in [4.69, 9.17) is 5.73 Å². The number of benzene rings is 2. The van der Waals surface area contributed by atoms with Gasteiger partial charge in [-0.15, -0.1) is 0 Å². The zero-order valence-corrected chi connectivity index (χ0v) is 15.4. The fourth-order valence-corrected chi connectivity index (χ4v) is 3.25. The van der Waals surface area contributed by atoms with Crippen molar-refractivity contribution in [1.82, 2.24) is 4.72 Å². The summed E-state index contributed by atoms with van der Waals surface area (Å²) in [6.45, 7) is 5.84. The fraction of sp³-hybridized carbons (Fsp3) is 0.294. The highest BCUT2D eigenvalue weighted by Crippen LogP contribution is 2.30. The Kier molecular flexibility index (Phi) is 5.42. The molecule has 0 aromatic heterocycles. The summed E-state index contributed by atoms with van der Waals surface area (Å²) >= 11 is 3.48. The fourth-order valence-electron chi connectivity index (χ4n) is 2.04. The maximum Gasteiger partial charge on any atom is 0.0979 e. The van der Waals surface area contributed by atoms with Crippen molar-refractivity contribution in [3.63, 3.8) is 0 Å². The third kappa shape index (κ3) is 4.18. The van der Waals surface area contributed by atoms with Crippen LogP contribution in [0.5, 0.6) is 0 Å². The number of rotatable bonds is 4. The van der Waals surface area contributed by atoms with Crippen LogP contribution >= 0.6 is 15.9 Å². The average molecular weight is 381 g/mol. The van der Waals surface area contributed by atoms with Crippen molar-refractivity contribution in [3.8, 4) is 0 Å². The third-order valence-electron chi connectivity index (χ3n) is 3.27. The minimum atomic E-state index is -1.20. The Hall–Kier alpha value is -1.17. The van der Waals surface area contributed by atoms with Gasteiger partial charge in [0.25, 0.3) is 0 Å². The van der Waals surface area contributed by atoms with Crippen LogP contribution in [0.1, 0.15) is 37.9 Å². The van der Waals surface area contributed by atoms with Gasteiger partial charge in [-0.3, -0.25) is 0 Å². The first kappa shape index (κ1) is 17.2. The quantitative estimate of drug-likeness (QED) is 0.781. The van der Waals surface area contributed by atoms with E-state index in [0.717, 1.165) is 15.6 Å². The molecule has 5 heteroatoms. The molecule has 0 saturated carbocycles. The standard InChI is InChI=1S/C17H21BrN2OS/c1-17(2,3)22(21)20-16(12-7-5-4-6-8-12)14-11-13(18)9-10-15(14)19/h4-11,16,20H,19H2,1-3H3/t16-,22-/m0/s1. The number of hydrogen-bond donors (Lipinski definition) is 2. The molecular weight excluding hydrogens is 360 g/mol. The zero-order valence-electron chi connectivity index (χ0n) is 13.0. The highest BCUT2D eigenvalue weighted by molar-refractivity contribution is 9.10. The van der Waals surface area contributed by atoms with Gasteiger partial charge in [-0.1, -0.05) is 46.3 Å². The van der Waals surface area contributed by atoms with Gasteiger partial charge in [-0.2, -0.15) is 0 Å².